The molecule has 0 unspecified atom stereocenters. The van der Waals surface area contributed by atoms with Crippen molar-refractivity contribution in [3.8, 4) is 0 Å². The van der Waals surface area contributed by atoms with Crippen LogP contribution in [0.1, 0.15) is 36.0 Å². The number of benzene rings is 1. The lowest BCUT2D eigenvalue weighted by atomic mass is 9.95. The van der Waals surface area contributed by atoms with E-state index in [1.165, 1.54) is 0 Å². The van der Waals surface area contributed by atoms with E-state index < -0.39 is 0 Å². The molecule has 2 N–H and O–H groups in total. The van der Waals surface area contributed by atoms with E-state index in [2.05, 4.69) is 21.0 Å². The summed E-state index contributed by atoms with van der Waals surface area (Å²) in [5.41, 5.74) is 1.78. The Bertz CT molecular complexity index is 743. The largest absolute Gasteiger partial charge is 0.357 e. The number of aromatic nitrogens is 1. The zero-order valence-corrected chi connectivity index (χ0v) is 18.4. The average Bonchev–Trinajstić information content (AvgIpc) is 3.28. The third-order valence-electron chi connectivity index (χ3n) is 4.52. The average molecular weight is 488 g/mol. The van der Waals surface area contributed by atoms with Crippen LogP contribution in [0.15, 0.2) is 34.6 Å². The molecule has 2 aromatic rings. The van der Waals surface area contributed by atoms with Gasteiger partial charge in [0.1, 0.15) is 5.82 Å². The van der Waals surface area contributed by atoms with Gasteiger partial charge in [-0.25, -0.2) is 9.37 Å². The Kier molecular flexibility index (Phi) is 7.82. The molecule has 0 spiro atoms. The van der Waals surface area contributed by atoms with Gasteiger partial charge in [0.2, 0.25) is 0 Å². The molecular formula is C19H26FIN4S. The van der Waals surface area contributed by atoms with Crippen molar-refractivity contribution in [3.63, 3.8) is 0 Å². The van der Waals surface area contributed by atoms with E-state index in [0.29, 0.717) is 6.54 Å². The number of nitrogens with one attached hydrogen (secondary N) is 2. The van der Waals surface area contributed by atoms with E-state index in [0.717, 1.165) is 54.6 Å². The highest BCUT2D eigenvalue weighted by molar-refractivity contribution is 14.0. The quantitative estimate of drug-likeness (QED) is 0.352. The fourth-order valence-electron chi connectivity index (χ4n) is 2.96. The highest BCUT2D eigenvalue weighted by Gasteiger charge is 2.45. The molecule has 1 aliphatic carbocycles. The van der Waals surface area contributed by atoms with Crippen LogP contribution in [0.3, 0.4) is 0 Å². The van der Waals surface area contributed by atoms with Crippen molar-refractivity contribution < 1.29 is 4.39 Å². The van der Waals surface area contributed by atoms with Crippen LogP contribution < -0.4 is 10.6 Å². The molecule has 142 valence electrons. The van der Waals surface area contributed by atoms with Gasteiger partial charge in [-0.2, -0.15) is 0 Å². The summed E-state index contributed by atoms with van der Waals surface area (Å²) in [7, 11) is 0. The first-order valence-electron chi connectivity index (χ1n) is 8.81. The number of aliphatic imine (C=N–C) groups is 1. The Morgan fingerprint density at radius 2 is 2.08 bits per heavy atom. The van der Waals surface area contributed by atoms with E-state index in [4.69, 9.17) is 4.99 Å². The van der Waals surface area contributed by atoms with Gasteiger partial charge in [0.15, 0.2) is 5.96 Å². The molecular weight excluding hydrogens is 462 g/mol. The maximum atomic E-state index is 14.1. The smallest absolute Gasteiger partial charge is 0.191 e. The lowest BCUT2D eigenvalue weighted by Crippen LogP contribution is -2.39. The standard InChI is InChI=1S/C19H25FN4S.HI/c1-3-21-18(22-11-8-15-12-25-14(2)24-15)23-13-19(9-10-19)16-6-4-5-7-17(16)20;/h4-7,12H,3,8-11,13H2,1-2H3,(H2,21,22,23);1H. The van der Waals surface area contributed by atoms with E-state index in [1.54, 1.807) is 23.5 Å². The normalized spacial score (nSPS) is 15.3. The lowest BCUT2D eigenvalue weighted by molar-refractivity contribution is 0.572. The fraction of sp³-hybridized carbons (Fsp3) is 0.474. The van der Waals surface area contributed by atoms with Crippen LogP contribution in [0.2, 0.25) is 0 Å². The SMILES string of the molecule is CCNC(=NCC1(c2ccccc2F)CC1)NCCc1csc(C)n1.I. The van der Waals surface area contributed by atoms with Gasteiger partial charge >= 0.3 is 0 Å². The maximum Gasteiger partial charge on any atom is 0.191 e. The van der Waals surface area contributed by atoms with Crippen molar-refractivity contribution in [3.05, 3.63) is 51.7 Å². The second-order valence-corrected chi connectivity index (χ2v) is 7.55. The highest BCUT2D eigenvalue weighted by atomic mass is 127. The van der Waals surface area contributed by atoms with Gasteiger partial charge in [-0.1, -0.05) is 18.2 Å². The van der Waals surface area contributed by atoms with Crippen molar-refractivity contribution in [2.24, 2.45) is 4.99 Å². The van der Waals surface area contributed by atoms with Crippen molar-refractivity contribution >= 4 is 41.3 Å². The van der Waals surface area contributed by atoms with E-state index in [1.807, 2.05) is 26.0 Å². The molecule has 1 aromatic carbocycles. The molecule has 26 heavy (non-hydrogen) atoms. The first-order valence-corrected chi connectivity index (χ1v) is 9.69. The monoisotopic (exact) mass is 488 g/mol. The zero-order valence-electron chi connectivity index (χ0n) is 15.2. The number of hydrogen-bond donors (Lipinski definition) is 2. The van der Waals surface area contributed by atoms with Crippen LogP contribution in [0.4, 0.5) is 4.39 Å². The summed E-state index contributed by atoms with van der Waals surface area (Å²) in [6.07, 6.45) is 2.86. The molecule has 0 aliphatic heterocycles. The minimum atomic E-state index is -0.125. The summed E-state index contributed by atoms with van der Waals surface area (Å²) in [4.78, 5) is 9.19. The second-order valence-electron chi connectivity index (χ2n) is 6.49. The third kappa shape index (κ3) is 5.39. The minimum absolute atomic E-state index is 0. The summed E-state index contributed by atoms with van der Waals surface area (Å²) >= 11 is 1.67. The number of nitrogens with zero attached hydrogens (tertiary/aromatic N) is 2. The lowest BCUT2D eigenvalue weighted by Gasteiger charge is -2.16. The van der Waals surface area contributed by atoms with Crippen LogP contribution in [-0.2, 0) is 11.8 Å². The van der Waals surface area contributed by atoms with Crippen LogP contribution in [0.25, 0.3) is 0 Å². The summed E-state index contributed by atoms with van der Waals surface area (Å²) in [5, 5.41) is 9.81. The van der Waals surface area contributed by atoms with Gasteiger partial charge in [0.05, 0.1) is 17.2 Å². The summed E-state index contributed by atoms with van der Waals surface area (Å²) in [5.74, 6) is 0.670. The van der Waals surface area contributed by atoms with Crippen LogP contribution in [0, 0.1) is 12.7 Å². The molecule has 1 fully saturated rings. The predicted molar refractivity (Wildman–Crippen MR) is 117 cm³/mol. The summed E-state index contributed by atoms with van der Waals surface area (Å²) in [6.45, 7) is 6.25. The molecule has 1 saturated carbocycles. The first kappa shape index (κ1) is 21.1. The Morgan fingerprint density at radius 1 is 1.31 bits per heavy atom. The zero-order chi connectivity index (χ0) is 17.7. The molecule has 4 nitrogen and oxygen atoms in total. The highest BCUT2D eigenvalue weighted by Crippen LogP contribution is 2.49. The molecule has 1 aliphatic rings. The Hall–Kier alpha value is -1.22. The molecule has 0 radical (unpaired) electrons. The number of halogens is 2. The fourth-order valence-corrected chi connectivity index (χ4v) is 3.61. The number of guanidine groups is 1. The molecule has 0 bridgehead atoms. The van der Waals surface area contributed by atoms with Crippen molar-refractivity contribution in [2.45, 2.75) is 38.5 Å². The minimum Gasteiger partial charge on any atom is -0.357 e. The first-order chi connectivity index (χ1) is 12.1. The van der Waals surface area contributed by atoms with Crippen LogP contribution in [-0.4, -0.2) is 30.6 Å². The van der Waals surface area contributed by atoms with Gasteiger partial charge < -0.3 is 10.6 Å². The number of thiazole rings is 1. The van der Waals surface area contributed by atoms with Gasteiger partial charge in [-0.3, -0.25) is 4.99 Å². The molecule has 7 heteroatoms. The predicted octanol–water partition coefficient (Wildman–Crippen LogP) is 4.04. The molecule has 0 saturated heterocycles. The van der Waals surface area contributed by atoms with Crippen molar-refractivity contribution in [1.82, 2.24) is 15.6 Å². The third-order valence-corrected chi connectivity index (χ3v) is 5.35. The Balaban J connectivity index is 0.00000243. The second kappa shape index (κ2) is 9.64. The van der Waals surface area contributed by atoms with E-state index in [-0.39, 0.29) is 35.2 Å². The van der Waals surface area contributed by atoms with Crippen molar-refractivity contribution in [2.75, 3.05) is 19.6 Å². The molecule has 1 aromatic heterocycles. The van der Waals surface area contributed by atoms with Gasteiger partial charge in [-0.05, 0) is 38.3 Å². The molecule has 0 atom stereocenters. The Morgan fingerprint density at radius 3 is 2.69 bits per heavy atom. The van der Waals surface area contributed by atoms with Crippen LogP contribution >= 0.6 is 35.3 Å². The van der Waals surface area contributed by atoms with E-state index in [9.17, 15) is 4.39 Å². The molecule has 0 amide bonds. The number of rotatable bonds is 7. The molecule has 3 rings (SSSR count). The summed E-state index contributed by atoms with van der Waals surface area (Å²) in [6, 6.07) is 7.08. The topological polar surface area (TPSA) is 49.3 Å². The van der Waals surface area contributed by atoms with Gasteiger partial charge in [0.25, 0.3) is 0 Å². The maximum absolute atomic E-state index is 14.1. The summed E-state index contributed by atoms with van der Waals surface area (Å²) < 4.78 is 14.1. The number of aryl methyl sites for hydroxylation is 1. The van der Waals surface area contributed by atoms with E-state index >= 15 is 0 Å². The van der Waals surface area contributed by atoms with Gasteiger partial charge in [0, 0.05) is 30.3 Å². The van der Waals surface area contributed by atoms with Crippen molar-refractivity contribution in [1.29, 1.82) is 0 Å². The van der Waals surface area contributed by atoms with Crippen LogP contribution in [0.5, 0.6) is 0 Å². The van der Waals surface area contributed by atoms with Gasteiger partial charge in [-0.15, -0.1) is 35.3 Å². The Labute approximate surface area is 175 Å². The molecule has 1 heterocycles. The number of hydrogen-bond acceptors (Lipinski definition) is 3.